The summed E-state index contributed by atoms with van der Waals surface area (Å²) in [5.41, 5.74) is 4.10. The lowest BCUT2D eigenvalue weighted by atomic mass is 10.0. The lowest BCUT2D eigenvalue weighted by Gasteiger charge is -2.05. The van der Waals surface area contributed by atoms with Gasteiger partial charge < -0.3 is 5.32 Å². The molecule has 6 heteroatoms. The van der Waals surface area contributed by atoms with Gasteiger partial charge in [0, 0.05) is 11.1 Å². The van der Waals surface area contributed by atoms with Crippen LogP contribution in [0.5, 0.6) is 0 Å². The van der Waals surface area contributed by atoms with Crippen LogP contribution in [0.4, 0.5) is 10.2 Å². The van der Waals surface area contributed by atoms with Gasteiger partial charge in [0.2, 0.25) is 0 Å². The summed E-state index contributed by atoms with van der Waals surface area (Å²) in [6, 6.07) is 10.9. The van der Waals surface area contributed by atoms with Crippen molar-refractivity contribution in [1.29, 1.82) is 0 Å². The van der Waals surface area contributed by atoms with Crippen molar-refractivity contribution in [3.63, 3.8) is 0 Å². The van der Waals surface area contributed by atoms with E-state index in [-0.39, 0.29) is 16.9 Å². The summed E-state index contributed by atoms with van der Waals surface area (Å²) < 4.78 is 13.0. The van der Waals surface area contributed by atoms with E-state index in [1.54, 1.807) is 0 Å². The fourth-order valence-electron chi connectivity index (χ4n) is 2.46. The highest BCUT2D eigenvalue weighted by atomic mass is 19.1. The second-order valence-electron chi connectivity index (χ2n) is 5.74. The molecule has 0 radical (unpaired) electrons. The summed E-state index contributed by atoms with van der Waals surface area (Å²) in [6.07, 6.45) is 0.647. The Morgan fingerprint density at radius 1 is 1.12 bits per heavy atom. The van der Waals surface area contributed by atoms with Gasteiger partial charge in [-0.05, 0) is 55.3 Å². The number of H-pyrrole nitrogens is 1. The molecule has 1 heterocycles. The minimum atomic E-state index is -0.471. The van der Waals surface area contributed by atoms with Crippen LogP contribution in [0.2, 0.25) is 0 Å². The fraction of sp³-hybridized carbons (Fsp3) is 0.105. The third-order valence-electron chi connectivity index (χ3n) is 4.06. The molecule has 0 fully saturated rings. The normalized spacial score (nSPS) is 10.5. The van der Waals surface area contributed by atoms with E-state index in [4.69, 9.17) is 0 Å². The number of anilines is 1. The average Bonchev–Trinajstić information content (AvgIpc) is 3.00. The molecule has 2 N–H and O–H groups in total. The van der Waals surface area contributed by atoms with Gasteiger partial charge in [-0.15, -0.1) is 0 Å². The van der Waals surface area contributed by atoms with Crippen LogP contribution in [-0.4, -0.2) is 22.4 Å². The van der Waals surface area contributed by atoms with Gasteiger partial charge in [-0.2, -0.15) is 5.10 Å². The molecule has 126 valence electrons. The molecule has 3 rings (SSSR count). The largest absolute Gasteiger partial charge is 0.304 e. The summed E-state index contributed by atoms with van der Waals surface area (Å²) in [7, 11) is 0. The number of nitrogens with zero attached hydrogens (tertiary/aromatic N) is 1. The molecular formula is C19H16FN3O2. The zero-order valence-corrected chi connectivity index (χ0v) is 13.8. The Morgan fingerprint density at radius 2 is 1.84 bits per heavy atom. The first kappa shape index (κ1) is 16.6. The van der Waals surface area contributed by atoms with Crippen LogP contribution in [0.3, 0.4) is 0 Å². The maximum absolute atomic E-state index is 13.0. The highest BCUT2D eigenvalue weighted by molar-refractivity contribution is 6.06. The SMILES string of the molecule is Cc1ccc(-c2[nH]nc(NC(=O)c3ccc(F)cc3)c2C=O)cc1C. The maximum atomic E-state index is 13.0. The number of aldehydes is 1. The Morgan fingerprint density at radius 3 is 2.48 bits per heavy atom. The monoisotopic (exact) mass is 337 g/mol. The molecule has 2 aromatic carbocycles. The predicted molar refractivity (Wildman–Crippen MR) is 93.2 cm³/mol. The zero-order valence-electron chi connectivity index (χ0n) is 13.8. The van der Waals surface area contributed by atoms with Crippen molar-refractivity contribution in [3.8, 4) is 11.3 Å². The second-order valence-corrected chi connectivity index (χ2v) is 5.74. The molecule has 0 saturated heterocycles. The number of carbonyl (C=O) groups is 2. The topological polar surface area (TPSA) is 74.8 Å². The van der Waals surface area contributed by atoms with Crippen molar-refractivity contribution in [2.75, 3.05) is 5.32 Å². The second kappa shape index (κ2) is 6.68. The smallest absolute Gasteiger partial charge is 0.256 e. The van der Waals surface area contributed by atoms with Gasteiger partial charge in [0.25, 0.3) is 5.91 Å². The van der Waals surface area contributed by atoms with Gasteiger partial charge in [-0.1, -0.05) is 12.1 Å². The van der Waals surface area contributed by atoms with Gasteiger partial charge >= 0.3 is 0 Å². The van der Waals surface area contributed by atoms with Crippen LogP contribution in [0, 0.1) is 19.7 Å². The highest BCUT2D eigenvalue weighted by Gasteiger charge is 2.17. The van der Waals surface area contributed by atoms with Gasteiger partial charge in [-0.3, -0.25) is 14.7 Å². The molecule has 0 unspecified atom stereocenters. The first-order valence-corrected chi connectivity index (χ1v) is 7.67. The zero-order chi connectivity index (χ0) is 18.0. The molecule has 1 aromatic heterocycles. The van der Waals surface area contributed by atoms with Gasteiger partial charge in [-0.25, -0.2) is 4.39 Å². The average molecular weight is 337 g/mol. The molecule has 0 aliphatic rings. The third kappa shape index (κ3) is 3.33. The molecule has 3 aromatic rings. The van der Waals surface area contributed by atoms with Crippen molar-refractivity contribution >= 4 is 18.0 Å². The van der Waals surface area contributed by atoms with Gasteiger partial charge in [0.15, 0.2) is 12.1 Å². The van der Waals surface area contributed by atoms with Crippen LogP contribution in [-0.2, 0) is 0 Å². The van der Waals surface area contributed by atoms with E-state index in [9.17, 15) is 14.0 Å². The molecule has 0 saturated carbocycles. The number of aryl methyl sites for hydroxylation is 2. The Hall–Kier alpha value is -3.28. The third-order valence-corrected chi connectivity index (χ3v) is 4.06. The summed E-state index contributed by atoms with van der Waals surface area (Å²) in [4.78, 5) is 23.8. The molecular weight excluding hydrogens is 321 g/mol. The van der Waals surface area contributed by atoms with Crippen LogP contribution >= 0.6 is 0 Å². The number of nitrogens with one attached hydrogen (secondary N) is 2. The molecule has 0 aliphatic carbocycles. The summed E-state index contributed by atoms with van der Waals surface area (Å²) >= 11 is 0. The van der Waals surface area contributed by atoms with E-state index >= 15 is 0 Å². The highest BCUT2D eigenvalue weighted by Crippen LogP contribution is 2.27. The number of aromatic amines is 1. The van der Waals surface area contributed by atoms with Crippen LogP contribution in [0.1, 0.15) is 31.8 Å². The number of hydrogen-bond donors (Lipinski definition) is 2. The van der Waals surface area contributed by atoms with Crippen LogP contribution in [0.25, 0.3) is 11.3 Å². The van der Waals surface area contributed by atoms with Gasteiger partial charge in [0.05, 0.1) is 11.3 Å². The Kier molecular flexibility index (Phi) is 4.43. The van der Waals surface area contributed by atoms with Crippen molar-refractivity contribution in [2.24, 2.45) is 0 Å². The standard InChI is InChI=1S/C19H16FN3O2/c1-11-3-4-14(9-12(11)2)17-16(10-24)18(23-22-17)21-19(25)13-5-7-15(20)8-6-13/h3-10H,1-2H3,(H2,21,22,23,25). The minimum absolute atomic E-state index is 0.137. The fourth-order valence-corrected chi connectivity index (χ4v) is 2.46. The molecule has 0 spiro atoms. The summed E-state index contributed by atoms with van der Waals surface area (Å²) in [5, 5.41) is 9.41. The molecule has 0 bridgehead atoms. The number of benzene rings is 2. The Labute approximate surface area is 143 Å². The van der Waals surface area contributed by atoms with Gasteiger partial charge in [0.1, 0.15) is 5.82 Å². The summed E-state index contributed by atoms with van der Waals surface area (Å²) in [6.45, 7) is 3.98. The molecule has 0 aliphatic heterocycles. The number of carbonyl (C=O) groups excluding carboxylic acids is 2. The van der Waals surface area contributed by atoms with E-state index in [2.05, 4.69) is 15.5 Å². The first-order chi connectivity index (χ1) is 12.0. The Balaban J connectivity index is 1.92. The van der Waals surface area contributed by atoms with E-state index < -0.39 is 11.7 Å². The van der Waals surface area contributed by atoms with E-state index in [0.717, 1.165) is 16.7 Å². The van der Waals surface area contributed by atoms with Crippen molar-refractivity contribution in [1.82, 2.24) is 10.2 Å². The number of amides is 1. The first-order valence-electron chi connectivity index (χ1n) is 7.67. The maximum Gasteiger partial charge on any atom is 0.256 e. The van der Waals surface area contributed by atoms with E-state index in [0.29, 0.717) is 12.0 Å². The molecule has 25 heavy (non-hydrogen) atoms. The van der Waals surface area contributed by atoms with Crippen molar-refractivity contribution in [2.45, 2.75) is 13.8 Å². The number of halogens is 1. The van der Waals surface area contributed by atoms with Crippen molar-refractivity contribution < 1.29 is 14.0 Å². The van der Waals surface area contributed by atoms with E-state index in [1.165, 1.54) is 24.3 Å². The van der Waals surface area contributed by atoms with E-state index in [1.807, 2.05) is 32.0 Å². The number of rotatable bonds is 4. The molecule has 0 atom stereocenters. The minimum Gasteiger partial charge on any atom is -0.304 e. The molecule has 1 amide bonds. The lowest BCUT2D eigenvalue weighted by molar-refractivity contribution is 0.102. The Bertz CT molecular complexity index is 946. The predicted octanol–water partition coefficient (Wildman–Crippen LogP) is 3.90. The summed E-state index contributed by atoms with van der Waals surface area (Å²) in [5.74, 6) is -0.763. The molecule has 5 nitrogen and oxygen atoms in total. The lowest BCUT2D eigenvalue weighted by Crippen LogP contribution is -2.13. The number of aromatic nitrogens is 2. The van der Waals surface area contributed by atoms with Crippen LogP contribution < -0.4 is 5.32 Å². The number of hydrogen-bond acceptors (Lipinski definition) is 3. The van der Waals surface area contributed by atoms with Crippen molar-refractivity contribution in [3.05, 3.63) is 70.5 Å². The quantitative estimate of drug-likeness (QED) is 0.709. The van der Waals surface area contributed by atoms with Crippen LogP contribution in [0.15, 0.2) is 42.5 Å².